The van der Waals surface area contributed by atoms with Gasteiger partial charge in [0.15, 0.2) is 0 Å². The molecule has 9 heterocycles. The molecule has 0 saturated carbocycles. The number of hydrogen-bond acceptors (Lipinski definition) is 13. The highest BCUT2D eigenvalue weighted by Crippen LogP contribution is 2.17. The number of pyridine rings is 6. The minimum Gasteiger partial charge on any atom is -0.481 e. The van der Waals surface area contributed by atoms with E-state index >= 15 is 0 Å². The molecule has 23 heteroatoms. The molecule has 450 valence electrons. The summed E-state index contributed by atoms with van der Waals surface area (Å²) in [4.78, 5) is 100. The Balaban J connectivity index is 0.000000198. The summed E-state index contributed by atoms with van der Waals surface area (Å²) in [6.45, 7) is 25.7. The van der Waals surface area contributed by atoms with Crippen LogP contribution in [0.25, 0.3) is 50.0 Å². The Morgan fingerprint density at radius 2 is 0.706 bits per heavy atom. The third-order valence-electron chi connectivity index (χ3n) is 13.6. The number of amides is 3. The van der Waals surface area contributed by atoms with Crippen LogP contribution in [0.2, 0.25) is 0 Å². The summed E-state index contributed by atoms with van der Waals surface area (Å²) in [6, 6.07) is 15.4. The molecule has 0 bridgehead atoms. The topological polar surface area (TPSA) is 314 Å². The Morgan fingerprint density at radius 1 is 0.471 bits per heavy atom. The van der Waals surface area contributed by atoms with Gasteiger partial charge in [0.1, 0.15) is 50.3 Å². The van der Waals surface area contributed by atoms with Gasteiger partial charge in [0.25, 0.3) is 40.4 Å². The molecule has 0 radical (unpaired) electrons. The smallest absolute Gasteiger partial charge is 0.300 e. The van der Waals surface area contributed by atoms with E-state index in [2.05, 4.69) is 51.7 Å². The van der Waals surface area contributed by atoms with E-state index in [0.29, 0.717) is 69.7 Å². The van der Waals surface area contributed by atoms with Crippen molar-refractivity contribution in [3.63, 3.8) is 0 Å². The van der Waals surface area contributed by atoms with Crippen molar-refractivity contribution in [2.45, 2.75) is 166 Å². The maximum atomic E-state index is 13.1. The predicted octanol–water partition coefficient (Wildman–Crippen LogP) is 7.22. The molecule has 9 rings (SSSR count). The number of nitrogens with one attached hydrogen (secondary N) is 6. The van der Waals surface area contributed by atoms with Crippen LogP contribution in [0.1, 0.15) is 156 Å². The summed E-state index contributed by atoms with van der Waals surface area (Å²) in [5.41, 5.74) is 5.83. The summed E-state index contributed by atoms with van der Waals surface area (Å²) in [7, 11) is 0. The zero-order valence-corrected chi connectivity index (χ0v) is 50.9. The Labute approximate surface area is 490 Å². The lowest BCUT2D eigenvalue weighted by atomic mass is 10.1. The van der Waals surface area contributed by atoms with Gasteiger partial charge in [-0.3, -0.25) is 63.0 Å². The highest BCUT2D eigenvalue weighted by atomic mass is 16.4. The standard InChI is InChI=1S/3C20H25N5O2.C2H4O2/c3*1-5-6-9-24-16(21)14(19(26)22-12(2)3)11-15-18(24)23-17-13(4)8-7-10-25(17)20(15)27;1-2(3)4/h3*7-8,10-12,21H,5-6,9H2,1-4H3,(H,22,26);1H3,(H,3,4). The van der Waals surface area contributed by atoms with Gasteiger partial charge >= 0.3 is 0 Å². The monoisotopic (exact) mass is 1160 g/mol. The molecule has 3 amide bonds. The van der Waals surface area contributed by atoms with Crippen LogP contribution in [0, 0.1) is 37.0 Å². The molecule has 0 spiro atoms. The van der Waals surface area contributed by atoms with Crippen LogP contribution in [0.3, 0.4) is 0 Å². The number of rotatable bonds is 15. The number of carbonyl (C=O) groups is 4. The minimum atomic E-state index is -0.833. The fraction of sp³-hybridized carbons (Fsp3) is 0.403. The fourth-order valence-electron chi connectivity index (χ4n) is 9.43. The van der Waals surface area contributed by atoms with Crippen molar-refractivity contribution in [2.24, 2.45) is 0 Å². The highest BCUT2D eigenvalue weighted by molar-refractivity contribution is 5.98. The first-order valence-corrected chi connectivity index (χ1v) is 28.7. The largest absolute Gasteiger partial charge is 0.481 e. The van der Waals surface area contributed by atoms with E-state index in [1.54, 1.807) is 50.5 Å². The third-order valence-corrected chi connectivity index (χ3v) is 13.6. The van der Waals surface area contributed by atoms with Crippen LogP contribution in [0.4, 0.5) is 0 Å². The first-order valence-electron chi connectivity index (χ1n) is 28.7. The number of carbonyl (C=O) groups excluding carboxylic acids is 3. The van der Waals surface area contributed by atoms with E-state index in [0.717, 1.165) is 62.1 Å². The van der Waals surface area contributed by atoms with Crippen LogP contribution in [0.5, 0.6) is 0 Å². The summed E-state index contributed by atoms with van der Waals surface area (Å²) in [5.74, 6) is -1.89. The molecule has 9 aromatic heterocycles. The zero-order chi connectivity index (χ0) is 62.7. The second-order valence-electron chi connectivity index (χ2n) is 21.8. The van der Waals surface area contributed by atoms with E-state index < -0.39 is 5.97 Å². The van der Waals surface area contributed by atoms with E-state index in [9.17, 15) is 28.8 Å². The molecule has 23 nitrogen and oxygen atoms in total. The van der Waals surface area contributed by atoms with Crippen LogP contribution in [-0.4, -0.2) is 88.8 Å². The molecule has 0 atom stereocenters. The second-order valence-corrected chi connectivity index (χ2v) is 21.8. The van der Waals surface area contributed by atoms with Crippen molar-refractivity contribution in [3.05, 3.63) is 154 Å². The van der Waals surface area contributed by atoms with Crippen LogP contribution < -0.4 is 49.1 Å². The van der Waals surface area contributed by atoms with Crippen LogP contribution in [-0.2, 0) is 24.4 Å². The molecule has 0 fully saturated rings. The lowest BCUT2D eigenvalue weighted by Crippen LogP contribution is -2.37. The number of carboxylic acids is 1. The highest BCUT2D eigenvalue weighted by Gasteiger charge is 2.22. The van der Waals surface area contributed by atoms with Gasteiger partial charge in [0.2, 0.25) is 0 Å². The van der Waals surface area contributed by atoms with Gasteiger partial charge in [-0.05, 0) is 135 Å². The minimum absolute atomic E-state index is 0.0600. The molecule has 0 aromatic carbocycles. The number of aliphatic carboxylic acids is 1. The number of aryl methyl sites for hydroxylation is 6. The van der Waals surface area contributed by atoms with Gasteiger partial charge < -0.3 is 34.8 Å². The zero-order valence-electron chi connectivity index (χ0n) is 50.9. The average Bonchev–Trinajstić information content (AvgIpc) is 1.21. The Morgan fingerprint density at radius 3 is 0.918 bits per heavy atom. The van der Waals surface area contributed by atoms with Gasteiger partial charge in [0.05, 0.1) is 32.8 Å². The number of nitrogens with zero attached hydrogens (tertiary/aromatic N) is 9. The maximum Gasteiger partial charge on any atom is 0.300 e. The molecule has 0 saturated heterocycles. The van der Waals surface area contributed by atoms with Crippen molar-refractivity contribution in [1.29, 1.82) is 16.2 Å². The van der Waals surface area contributed by atoms with E-state index in [1.807, 2.05) is 80.5 Å². The molecular weight excluding hydrogens is 1080 g/mol. The van der Waals surface area contributed by atoms with Gasteiger partial charge in [-0.15, -0.1) is 0 Å². The SMILES string of the molecule is CC(=O)O.CCCCn1c(=N)c(C(=O)NC(C)C)cc2c(=O)n3cccc(C)c3nc21.CCCCn1c(=N)c(C(=O)NC(C)C)cc2c(=O)n3cccc(C)c3nc21.CCCCn1c(=N)c(C(=O)NC(C)C)cc2c(=O)n3cccc(C)c3nc21. The van der Waals surface area contributed by atoms with E-state index in [1.165, 1.54) is 31.4 Å². The average molecular weight is 1160 g/mol. The molecule has 0 aliphatic heterocycles. The summed E-state index contributed by atoms with van der Waals surface area (Å²) in [5, 5.41) is 42.6. The molecule has 7 N–H and O–H groups in total. The molecule has 0 aliphatic rings. The normalized spacial score (nSPS) is 11.2. The van der Waals surface area contributed by atoms with E-state index in [4.69, 9.17) is 26.1 Å². The predicted molar refractivity (Wildman–Crippen MR) is 328 cm³/mol. The molecule has 0 unspecified atom stereocenters. The Bertz CT molecular complexity index is 3970. The quantitative estimate of drug-likeness (QED) is 0.0503. The van der Waals surface area contributed by atoms with Gasteiger partial charge in [-0.25, -0.2) is 15.0 Å². The van der Waals surface area contributed by atoms with Gasteiger partial charge in [-0.2, -0.15) is 0 Å². The summed E-state index contributed by atoms with van der Waals surface area (Å²) in [6.07, 6.45) is 10.3. The molecule has 0 aliphatic carbocycles. The Kier molecular flexibility index (Phi) is 21.5. The summed E-state index contributed by atoms with van der Waals surface area (Å²) >= 11 is 0. The van der Waals surface area contributed by atoms with Crippen molar-refractivity contribution in [2.75, 3.05) is 0 Å². The van der Waals surface area contributed by atoms with Crippen LogP contribution in [0.15, 0.2) is 87.6 Å². The molecule has 9 aromatic rings. The molecule has 85 heavy (non-hydrogen) atoms. The number of unbranched alkanes of at least 4 members (excludes halogenated alkanes) is 3. The van der Waals surface area contributed by atoms with Crippen molar-refractivity contribution < 1.29 is 24.3 Å². The second kappa shape index (κ2) is 28.2. The summed E-state index contributed by atoms with van der Waals surface area (Å²) < 4.78 is 9.53. The fourth-order valence-corrected chi connectivity index (χ4v) is 9.43. The number of fused-ring (bicyclic) bond motifs is 6. The number of hydrogen-bond donors (Lipinski definition) is 7. The van der Waals surface area contributed by atoms with Gasteiger partial charge in [-0.1, -0.05) is 58.2 Å². The third kappa shape index (κ3) is 14.5. The number of carboxylic acid groups (broad SMARTS) is 1. The first kappa shape index (κ1) is 64.8. The molecular formula is C62H79N15O8. The lowest BCUT2D eigenvalue weighted by molar-refractivity contribution is -0.134. The van der Waals surface area contributed by atoms with Crippen LogP contribution >= 0.6 is 0 Å². The van der Waals surface area contributed by atoms with Crippen molar-refractivity contribution in [3.8, 4) is 0 Å². The number of aromatic nitrogens is 9. The van der Waals surface area contributed by atoms with Crippen molar-refractivity contribution in [1.82, 2.24) is 57.8 Å². The van der Waals surface area contributed by atoms with Gasteiger partial charge in [0, 0.05) is 63.3 Å². The maximum absolute atomic E-state index is 13.1. The lowest BCUT2D eigenvalue weighted by Gasteiger charge is -2.15. The van der Waals surface area contributed by atoms with Crippen molar-refractivity contribution >= 4 is 73.7 Å². The Hall–Kier alpha value is -9.41. The first-order chi connectivity index (χ1) is 40.3. The van der Waals surface area contributed by atoms with E-state index in [-0.39, 0.29) is 85.7 Å².